The normalized spacial score (nSPS) is 14.0. The molecule has 1 aromatic rings. The zero-order valence-corrected chi connectivity index (χ0v) is 10.7. The number of hydrogen-bond acceptors (Lipinski definition) is 2. The van der Waals surface area contributed by atoms with Gasteiger partial charge in [0.05, 0.1) is 6.07 Å². The second-order valence-corrected chi connectivity index (χ2v) is 4.77. The van der Waals surface area contributed by atoms with Gasteiger partial charge in [0.25, 0.3) is 5.91 Å². The van der Waals surface area contributed by atoms with Gasteiger partial charge in [0.1, 0.15) is 6.54 Å². The maximum absolute atomic E-state index is 12.3. The molecule has 18 heavy (non-hydrogen) atoms. The Balaban J connectivity index is 2.09. The van der Waals surface area contributed by atoms with Gasteiger partial charge >= 0.3 is 0 Å². The maximum Gasteiger partial charge on any atom is 0.254 e. The summed E-state index contributed by atoms with van der Waals surface area (Å²) < 4.78 is 0. The Morgan fingerprint density at radius 2 is 2.06 bits per heavy atom. The summed E-state index contributed by atoms with van der Waals surface area (Å²) in [6.07, 6.45) is 4.21. The molecule has 1 aromatic carbocycles. The van der Waals surface area contributed by atoms with Gasteiger partial charge in [0, 0.05) is 11.6 Å². The van der Waals surface area contributed by atoms with E-state index < -0.39 is 0 Å². The fraction of sp³-hybridized carbons (Fsp3) is 0.467. The lowest BCUT2D eigenvalue weighted by atomic mass is 10.1. The van der Waals surface area contributed by atoms with Crippen LogP contribution in [0.5, 0.6) is 0 Å². The Morgan fingerprint density at radius 1 is 1.39 bits per heavy atom. The van der Waals surface area contributed by atoms with E-state index in [9.17, 15) is 4.79 Å². The molecule has 0 saturated heterocycles. The van der Waals surface area contributed by atoms with Crippen molar-refractivity contribution in [3.63, 3.8) is 0 Å². The molecule has 0 atom stereocenters. The van der Waals surface area contributed by atoms with Crippen LogP contribution < -0.4 is 0 Å². The van der Waals surface area contributed by atoms with E-state index in [0.29, 0.717) is 5.56 Å². The van der Waals surface area contributed by atoms with E-state index in [1.54, 1.807) is 4.90 Å². The van der Waals surface area contributed by atoms with Gasteiger partial charge in [0.15, 0.2) is 0 Å². The fourth-order valence-corrected chi connectivity index (χ4v) is 2.10. The topological polar surface area (TPSA) is 44.1 Å². The first-order valence-electron chi connectivity index (χ1n) is 6.53. The van der Waals surface area contributed by atoms with Crippen LogP contribution in [-0.2, 0) is 6.42 Å². The minimum atomic E-state index is -0.0119. The smallest absolute Gasteiger partial charge is 0.254 e. The Labute approximate surface area is 108 Å². The van der Waals surface area contributed by atoms with Gasteiger partial charge in [-0.25, -0.2) is 0 Å². The molecule has 3 nitrogen and oxygen atoms in total. The lowest BCUT2D eigenvalue weighted by Crippen LogP contribution is -2.33. The van der Waals surface area contributed by atoms with Crippen LogP contribution in [0.2, 0.25) is 0 Å². The third-order valence-corrected chi connectivity index (χ3v) is 3.23. The standard InChI is InChI=1S/C15H18N2O/c1-2-3-12-4-6-13(7-5-12)15(18)17(11-10-16)14-8-9-14/h4-7,14H,2-3,8-9,11H2,1H3. The van der Waals surface area contributed by atoms with Gasteiger partial charge < -0.3 is 4.90 Å². The Bertz CT molecular complexity index is 454. The molecule has 1 aliphatic carbocycles. The molecule has 3 heteroatoms. The van der Waals surface area contributed by atoms with E-state index in [0.717, 1.165) is 25.7 Å². The lowest BCUT2D eigenvalue weighted by Gasteiger charge is -2.19. The molecule has 1 amide bonds. The highest BCUT2D eigenvalue weighted by atomic mass is 16.2. The number of nitriles is 1. The minimum absolute atomic E-state index is 0.0119. The third kappa shape index (κ3) is 2.89. The predicted octanol–water partition coefficient (Wildman–Crippen LogP) is 2.77. The second kappa shape index (κ2) is 5.68. The first kappa shape index (κ1) is 12.6. The first-order chi connectivity index (χ1) is 8.76. The number of carbonyl (C=O) groups excluding carboxylic acids is 1. The van der Waals surface area contributed by atoms with Gasteiger partial charge in [0.2, 0.25) is 0 Å². The van der Waals surface area contributed by atoms with Crippen LogP contribution in [0.4, 0.5) is 0 Å². The van der Waals surface area contributed by atoms with E-state index in [1.807, 2.05) is 24.3 Å². The Morgan fingerprint density at radius 3 is 2.56 bits per heavy atom. The van der Waals surface area contributed by atoms with Gasteiger partial charge in [-0.05, 0) is 37.0 Å². The molecule has 0 bridgehead atoms. The van der Waals surface area contributed by atoms with Gasteiger partial charge in [-0.1, -0.05) is 25.5 Å². The number of amides is 1. The van der Waals surface area contributed by atoms with E-state index in [4.69, 9.17) is 5.26 Å². The van der Waals surface area contributed by atoms with Crippen molar-refractivity contribution in [2.24, 2.45) is 0 Å². The summed E-state index contributed by atoms with van der Waals surface area (Å²) in [5.41, 5.74) is 1.95. The molecule has 0 spiro atoms. The van der Waals surface area contributed by atoms with Gasteiger partial charge in [-0.15, -0.1) is 0 Å². The molecule has 0 aromatic heterocycles. The summed E-state index contributed by atoms with van der Waals surface area (Å²) in [6, 6.07) is 10.1. The van der Waals surface area contributed by atoms with Crippen LogP contribution in [-0.4, -0.2) is 23.4 Å². The molecule has 1 aliphatic rings. The van der Waals surface area contributed by atoms with Crippen LogP contribution in [0.3, 0.4) is 0 Å². The summed E-state index contributed by atoms with van der Waals surface area (Å²) in [5, 5.41) is 8.78. The molecule has 0 unspecified atom stereocenters. The summed E-state index contributed by atoms with van der Waals surface area (Å²) >= 11 is 0. The van der Waals surface area contributed by atoms with E-state index in [-0.39, 0.29) is 18.5 Å². The molecular formula is C15H18N2O. The Kier molecular flexibility index (Phi) is 3.99. The van der Waals surface area contributed by atoms with Crippen molar-refractivity contribution in [3.8, 4) is 6.07 Å². The number of hydrogen-bond donors (Lipinski definition) is 0. The van der Waals surface area contributed by atoms with E-state index in [2.05, 4.69) is 13.0 Å². The summed E-state index contributed by atoms with van der Waals surface area (Å²) in [5.74, 6) is -0.0119. The van der Waals surface area contributed by atoms with Crippen LogP contribution in [0, 0.1) is 11.3 Å². The fourth-order valence-electron chi connectivity index (χ4n) is 2.10. The van der Waals surface area contributed by atoms with Crippen LogP contribution in [0.25, 0.3) is 0 Å². The van der Waals surface area contributed by atoms with Gasteiger partial charge in [-0.2, -0.15) is 5.26 Å². The number of carbonyl (C=O) groups is 1. The number of rotatable bonds is 5. The monoisotopic (exact) mass is 242 g/mol. The van der Waals surface area contributed by atoms with Crippen molar-refractivity contribution in [2.45, 2.75) is 38.6 Å². The van der Waals surface area contributed by atoms with Crippen molar-refractivity contribution < 1.29 is 4.79 Å². The number of aryl methyl sites for hydroxylation is 1. The van der Waals surface area contributed by atoms with Crippen molar-refractivity contribution in [3.05, 3.63) is 35.4 Å². The highest BCUT2D eigenvalue weighted by molar-refractivity contribution is 5.94. The predicted molar refractivity (Wildman–Crippen MR) is 70.1 cm³/mol. The van der Waals surface area contributed by atoms with E-state index in [1.165, 1.54) is 5.56 Å². The second-order valence-electron chi connectivity index (χ2n) is 4.77. The number of nitrogens with zero attached hydrogens (tertiary/aromatic N) is 2. The molecule has 1 fully saturated rings. The van der Waals surface area contributed by atoms with Crippen molar-refractivity contribution in [2.75, 3.05) is 6.54 Å². The highest BCUT2D eigenvalue weighted by Gasteiger charge is 2.32. The third-order valence-electron chi connectivity index (χ3n) is 3.23. The van der Waals surface area contributed by atoms with E-state index >= 15 is 0 Å². The number of benzene rings is 1. The van der Waals surface area contributed by atoms with Crippen molar-refractivity contribution in [1.82, 2.24) is 4.90 Å². The van der Waals surface area contributed by atoms with Crippen LogP contribution >= 0.6 is 0 Å². The molecule has 0 heterocycles. The average Bonchev–Trinajstić information content (AvgIpc) is 3.21. The highest BCUT2D eigenvalue weighted by Crippen LogP contribution is 2.27. The zero-order valence-electron chi connectivity index (χ0n) is 10.7. The minimum Gasteiger partial charge on any atom is -0.322 e. The quantitative estimate of drug-likeness (QED) is 0.745. The summed E-state index contributed by atoms with van der Waals surface area (Å²) in [7, 11) is 0. The SMILES string of the molecule is CCCc1ccc(C(=O)N(CC#N)C2CC2)cc1. The summed E-state index contributed by atoms with van der Waals surface area (Å²) in [4.78, 5) is 13.9. The van der Waals surface area contributed by atoms with Crippen molar-refractivity contribution in [1.29, 1.82) is 5.26 Å². The largest absolute Gasteiger partial charge is 0.322 e. The zero-order chi connectivity index (χ0) is 13.0. The molecular weight excluding hydrogens is 224 g/mol. The van der Waals surface area contributed by atoms with Crippen LogP contribution in [0.1, 0.15) is 42.1 Å². The van der Waals surface area contributed by atoms with Crippen molar-refractivity contribution >= 4 is 5.91 Å². The molecule has 0 N–H and O–H groups in total. The molecule has 1 saturated carbocycles. The van der Waals surface area contributed by atoms with Gasteiger partial charge in [-0.3, -0.25) is 4.79 Å². The summed E-state index contributed by atoms with van der Waals surface area (Å²) in [6.45, 7) is 2.33. The molecule has 2 rings (SSSR count). The lowest BCUT2D eigenvalue weighted by molar-refractivity contribution is 0.0765. The first-order valence-corrected chi connectivity index (χ1v) is 6.53. The maximum atomic E-state index is 12.3. The average molecular weight is 242 g/mol. The molecule has 0 aliphatic heterocycles. The van der Waals surface area contributed by atoms with Crippen LogP contribution in [0.15, 0.2) is 24.3 Å². The Hall–Kier alpha value is -1.82. The molecule has 0 radical (unpaired) electrons. The molecule has 94 valence electrons.